The van der Waals surface area contributed by atoms with E-state index in [2.05, 4.69) is 42.1 Å². The molecular formula is C13H18N4S. The quantitative estimate of drug-likeness (QED) is 0.873. The van der Waals surface area contributed by atoms with E-state index in [0.717, 1.165) is 22.5 Å². The highest BCUT2D eigenvalue weighted by Crippen LogP contribution is 2.41. The third-order valence-electron chi connectivity index (χ3n) is 4.11. The van der Waals surface area contributed by atoms with Crippen molar-refractivity contribution < 1.29 is 0 Å². The Labute approximate surface area is 111 Å². The number of nitrogens with one attached hydrogen (secondary N) is 1. The van der Waals surface area contributed by atoms with E-state index >= 15 is 0 Å². The zero-order chi connectivity index (χ0) is 12.9. The summed E-state index contributed by atoms with van der Waals surface area (Å²) in [6.07, 6.45) is 2.63. The topological polar surface area (TPSA) is 63.8 Å². The molecule has 2 unspecified atom stereocenters. The van der Waals surface area contributed by atoms with Crippen LogP contribution in [0.15, 0.2) is 12.4 Å². The van der Waals surface area contributed by atoms with Gasteiger partial charge in [-0.2, -0.15) is 0 Å². The minimum Gasteiger partial charge on any atom is -0.366 e. The number of nitrogens with two attached hydrogens (primary N) is 1. The number of rotatable bonds is 2. The molecule has 18 heavy (non-hydrogen) atoms. The van der Waals surface area contributed by atoms with Crippen LogP contribution < -0.4 is 11.1 Å². The SMILES string of the molecule is Cc1cc2c(NC3CC(N)C3(C)C)ncnc2s1. The average molecular weight is 262 g/mol. The average Bonchev–Trinajstić information content (AvgIpc) is 2.70. The molecule has 2 atom stereocenters. The van der Waals surface area contributed by atoms with Gasteiger partial charge in [0.15, 0.2) is 0 Å². The molecule has 1 aliphatic rings. The van der Waals surface area contributed by atoms with Crippen LogP contribution in [0.25, 0.3) is 10.2 Å². The standard InChI is InChI=1S/C13H18N4S/c1-7-4-8-11(15-6-16-12(8)18-7)17-10-5-9(14)13(10,2)3/h4,6,9-10H,5,14H2,1-3H3,(H,15,16,17). The highest BCUT2D eigenvalue weighted by Gasteiger charge is 2.46. The first-order valence-corrected chi connectivity index (χ1v) is 7.03. The number of aromatic nitrogens is 2. The molecule has 96 valence electrons. The maximum absolute atomic E-state index is 6.05. The predicted octanol–water partition coefficient (Wildman–Crippen LogP) is 2.54. The van der Waals surface area contributed by atoms with Gasteiger partial charge >= 0.3 is 0 Å². The van der Waals surface area contributed by atoms with Crippen molar-refractivity contribution in [3.05, 3.63) is 17.3 Å². The second-order valence-electron chi connectivity index (χ2n) is 5.66. The lowest BCUT2D eigenvalue weighted by atomic mass is 9.63. The van der Waals surface area contributed by atoms with Gasteiger partial charge in [-0.25, -0.2) is 9.97 Å². The molecule has 1 aliphatic carbocycles. The van der Waals surface area contributed by atoms with Gasteiger partial charge in [0.1, 0.15) is 17.0 Å². The number of hydrogen-bond acceptors (Lipinski definition) is 5. The van der Waals surface area contributed by atoms with Gasteiger partial charge in [-0.3, -0.25) is 0 Å². The zero-order valence-corrected chi connectivity index (χ0v) is 11.7. The summed E-state index contributed by atoms with van der Waals surface area (Å²) in [5.41, 5.74) is 6.17. The molecule has 2 heterocycles. The molecule has 4 nitrogen and oxygen atoms in total. The van der Waals surface area contributed by atoms with E-state index in [1.165, 1.54) is 4.88 Å². The Morgan fingerprint density at radius 1 is 1.44 bits per heavy atom. The fourth-order valence-corrected chi connectivity index (χ4v) is 3.31. The Bertz CT molecular complexity index is 590. The van der Waals surface area contributed by atoms with Gasteiger partial charge in [-0.05, 0) is 19.4 Å². The summed E-state index contributed by atoms with van der Waals surface area (Å²) < 4.78 is 0. The van der Waals surface area contributed by atoms with Crippen LogP contribution in [0, 0.1) is 12.3 Å². The second kappa shape index (κ2) is 3.90. The summed E-state index contributed by atoms with van der Waals surface area (Å²) in [6, 6.07) is 2.82. The summed E-state index contributed by atoms with van der Waals surface area (Å²) in [4.78, 5) is 11.0. The van der Waals surface area contributed by atoms with E-state index in [0.29, 0.717) is 6.04 Å². The molecule has 0 aromatic carbocycles. The summed E-state index contributed by atoms with van der Waals surface area (Å²) in [5.74, 6) is 0.939. The Hall–Kier alpha value is -1.20. The van der Waals surface area contributed by atoms with Crippen molar-refractivity contribution in [3.8, 4) is 0 Å². The fraction of sp³-hybridized carbons (Fsp3) is 0.538. The molecule has 3 rings (SSSR count). The van der Waals surface area contributed by atoms with Gasteiger partial charge in [0, 0.05) is 22.4 Å². The Kier molecular flexibility index (Phi) is 2.57. The lowest BCUT2D eigenvalue weighted by Crippen LogP contribution is -2.61. The summed E-state index contributed by atoms with van der Waals surface area (Å²) in [5, 5.41) is 4.65. The largest absolute Gasteiger partial charge is 0.366 e. The zero-order valence-electron chi connectivity index (χ0n) is 10.9. The fourth-order valence-electron chi connectivity index (χ4n) is 2.46. The third-order valence-corrected chi connectivity index (χ3v) is 5.07. The van der Waals surface area contributed by atoms with Gasteiger partial charge < -0.3 is 11.1 Å². The number of anilines is 1. The van der Waals surface area contributed by atoms with Crippen molar-refractivity contribution in [1.29, 1.82) is 0 Å². The molecule has 2 aromatic heterocycles. The van der Waals surface area contributed by atoms with Crippen LogP contribution in [-0.2, 0) is 0 Å². The Balaban J connectivity index is 1.92. The molecule has 0 aliphatic heterocycles. The maximum Gasteiger partial charge on any atom is 0.138 e. The van der Waals surface area contributed by atoms with E-state index in [1.807, 2.05) is 0 Å². The Morgan fingerprint density at radius 2 is 2.22 bits per heavy atom. The molecule has 5 heteroatoms. The van der Waals surface area contributed by atoms with Crippen molar-refractivity contribution in [2.75, 3.05) is 5.32 Å². The normalized spacial score (nSPS) is 26.0. The van der Waals surface area contributed by atoms with Crippen LogP contribution >= 0.6 is 11.3 Å². The molecule has 0 radical (unpaired) electrons. The lowest BCUT2D eigenvalue weighted by molar-refractivity contribution is 0.117. The minimum absolute atomic E-state index is 0.127. The third kappa shape index (κ3) is 1.69. The first-order chi connectivity index (χ1) is 8.48. The van der Waals surface area contributed by atoms with Crippen LogP contribution in [-0.4, -0.2) is 22.1 Å². The van der Waals surface area contributed by atoms with E-state index in [-0.39, 0.29) is 11.5 Å². The highest BCUT2D eigenvalue weighted by molar-refractivity contribution is 7.18. The molecular weight excluding hydrogens is 244 g/mol. The predicted molar refractivity (Wildman–Crippen MR) is 75.9 cm³/mol. The van der Waals surface area contributed by atoms with Gasteiger partial charge in [0.05, 0.1) is 5.39 Å². The molecule has 0 saturated heterocycles. The smallest absolute Gasteiger partial charge is 0.138 e. The van der Waals surface area contributed by atoms with Crippen LogP contribution in [0.2, 0.25) is 0 Å². The maximum atomic E-state index is 6.05. The van der Waals surface area contributed by atoms with E-state index in [9.17, 15) is 0 Å². The number of hydrogen-bond donors (Lipinski definition) is 2. The van der Waals surface area contributed by atoms with Gasteiger partial charge in [-0.15, -0.1) is 11.3 Å². The van der Waals surface area contributed by atoms with Crippen molar-refractivity contribution in [2.45, 2.75) is 39.3 Å². The van der Waals surface area contributed by atoms with Crippen LogP contribution in [0.1, 0.15) is 25.1 Å². The minimum atomic E-state index is 0.127. The molecule has 0 spiro atoms. The van der Waals surface area contributed by atoms with Crippen LogP contribution in [0.5, 0.6) is 0 Å². The second-order valence-corrected chi connectivity index (χ2v) is 6.89. The number of aryl methyl sites for hydroxylation is 1. The summed E-state index contributed by atoms with van der Waals surface area (Å²) >= 11 is 1.70. The van der Waals surface area contributed by atoms with Crippen molar-refractivity contribution in [1.82, 2.24) is 9.97 Å². The number of thiophene rings is 1. The lowest BCUT2D eigenvalue weighted by Gasteiger charge is -2.50. The monoisotopic (exact) mass is 262 g/mol. The van der Waals surface area contributed by atoms with Crippen LogP contribution in [0.3, 0.4) is 0 Å². The number of nitrogens with zero attached hydrogens (tertiary/aromatic N) is 2. The molecule has 1 saturated carbocycles. The van der Waals surface area contributed by atoms with Crippen molar-refractivity contribution >= 4 is 27.4 Å². The highest BCUT2D eigenvalue weighted by atomic mass is 32.1. The Morgan fingerprint density at radius 3 is 2.89 bits per heavy atom. The van der Waals surface area contributed by atoms with E-state index < -0.39 is 0 Å². The van der Waals surface area contributed by atoms with E-state index in [4.69, 9.17) is 5.73 Å². The first kappa shape index (κ1) is 11.9. The van der Waals surface area contributed by atoms with Crippen molar-refractivity contribution in [2.24, 2.45) is 11.1 Å². The van der Waals surface area contributed by atoms with Gasteiger partial charge in [0.2, 0.25) is 0 Å². The summed E-state index contributed by atoms with van der Waals surface area (Å²) in [6.45, 7) is 6.51. The first-order valence-electron chi connectivity index (χ1n) is 6.22. The van der Waals surface area contributed by atoms with Gasteiger partial charge in [0.25, 0.3) is 0 Å². The van der Waals surface area contributed by atoms with Crippen molar-refractivity contribution in [3.63, 3.8) is 0 Å². The van der Waals surface area contributed by atoms with Crippen LogP contribution in [0.4, 0.5) is 5.82 Å². The molecule has 3 N–H and O–H groups in total. The molecule has 2 aromatic rings. The molecule has 0 amide bonds. The molecule has 0 bridgehead atoms. The summed E-state index contributed by atoms with van der Waals surface area (Å²) in [7, 11) is 0. The van der Waals surface area contributed by atoms with Gasteiger partial charge in [-0.1, -0.05) is 13.8 Å². The molecule has 1 fully saturated rings. The van der Waals surface area contributed by atoms with E-state index in [1.54, 1.807) is 17.7 Å². The number of fused-ring (bicyclic) bond motifs is 1.